The fourth-order valence-electron chi connectivity index (χ4n) is 1.57. The van der Waals surface area contributed by atoms with Gasteiger partial charge in [-0.3, -0.25) is 4.68 Å². The lowest BCUT2D eigenvalue weighted by molar-refractivity contribution is 0.288. The molecule has 2 aromatic rings. The molecule has 0 aliphatic rings. The molecule has 96 valence electrons. The first-order chi connectivity index (χ1) is 8.58. The molecule has 1 aromatic carbocycles. The summed E-state index contributed by atoms with van der Waals surface area (Å²) in [7, 11) is 1.77. The monoisotopic (exact) mass is 250 g/mol. The van der Waals surface area contributed by atoms with E-state index in [2.05, 4.69) is 10.1 Å². The van der Waals surface area contributed by atoms with Gasteiger partial charge in [0.25, 0.3) is 0 Å². The molecule has 1 heterocycles. The van der Waals surface area contributed by atoms with Crippen molar-refractivity contribution in [3.63, 3.8) is 0 Å². The zero-order valence-corrected chi connectivity index (χ0v) is 10.3. The van der Waals surface area contributed by atoms with Gasteiger partial charge in [-0.1, -0.05) is 6.07 Å². The van der Waals surface area contributed by atoms with Crippen LogP contribution in [-0.4, -0.2) is 14.8 Å². The van der Waals surface area contributed by atoms with Crippen molar-refractivity contribution in [3.05, 3.63) is 41.7 Å². The van der Waals surface area contributed by atoms with E-state index in [1.807, 2.05) is 0 Å². The lowest BCUT2D eigenvalue weighted by Crippen LogP contribution is -2.08. The number of hydrogen-bond donors (Lipinski definition) is 1. The molecule has 2 N–H and O–H groups in total. The number of aromatic nitrogens is 3. The Labute approximate surface area is 104 Å². The number of aryl methyl sites for hydroxylation is 1. The predicted octanol–water partition coefficient (Wildman–Crippen LogP) is 1.55. The minimum atomic E-state index is -0.361. The summed E-state index contributed by atoms with van der Waals surface area (Å²) >= 11 is 0. The average molecular weight is 250 g/mol. The molecule has 18 heavy (non-hydrogen) atoms. The van der Waals surface area contributed by atoms with E-state index in [0.29, 0.717) is 17.1 Å². The zero-order valence-electron chi connectivity index (χ0n) is 10.3. The number of halogens is 1. The lowest BCUT2D eigenvalue weighted by Gasteiger charge is -2.10. The molecule has 0 aliphatic carbocycles. The third-order valence-corrected chi connectivity index (χ3v) is 2.64. The standard InChI is InChI=1S/C12H15FN4O/c1-8(14)10-4-3-9(5-11(10)13)18-6-12-15-7-16-17(12)2/h3-5,7-8H,6,14H2,1-2H3. The van der Waals surface area contributed by atoms with E-state index >= 15 is 0 Å². The second-order valence-electron chi connectivity index (χ2n) is 4.06. The SMILES string of the molecule is CC(N)c1ccc(OCc2ncnn2C)cc1F. The molecule has 0 radical (unpaired) electrons. The largest absolute Gasteiger partial charge is 0.486 e. The molecule has 0 saturated heterocycles. The highest BCUT2D eigenvalue weighted by Crippen LogP contribution is 2.21. The van der Waals surface area contributed by atoms with Crippen LogP contribution >= 0.6 is 0 Å². The molecule has 0 saturated carbocycles. The molecular formula is C12H15FN4O. The second-order valence-corrected chi connectivity index (χ2v) is 4.06. The van der Waals surface area contributed by atoms with Gasteiger partial charge in [0.15, 0.2) is 5.82 Å². The second kappa shape index (κ2) is 5.14. The lowest BCUT2D eigenvalue weighted by atomic mass is 10.1. The smallest absolute Gasteiger partial charge is 0.164 e. The van der Waals surface area contributed by atoms with Crippen LogP contribution in [0.4, 0.5) is 4.39 Å². The van der Waals surface area contributed by atoms with E-state index in [1.54, 1.807) is 30.8 Å². The van der Waals surface area contributed by atoms with Gasteiger partial charge in [0.05, 0.1) is 0 Å². The van der Waals surface area contributed by atoms with Gasteiger partial charge in [-0.05, 0) is 13.0 Å². The number of hydrogen-bond acceptors (Lipinski definition) is 4. The summed E-state index contributed by atoms with van der Waals surface area (Å²) in [4.78, 5) is 4.01. The van der Waals surface area contributed by atoms with Gasteiger partial charge in [-0.15, -0.1) is 0 Å². The van der Waals surface area contributed by atoms with Crippen molar-refractivity contribution in [2.24, 2.45) is 12.8 Å². The molecule has 0 aliphatic heterocycles. The number of nitrogens with zero attached hydrogens (tertiary/aromatic N) is 3. The van der Waals surface area contributed by atoms with Gasteiger partial charge in [-0.2, -0.15) is 5.10 Å². The van der Waals surface area contributed by atoms with E-state index in [9.17, 15) is 4.39 Å². The van der Waals surface area contributed by atoms with E-state index < -0.39 is 0 Å². The molecule has 1 unspecified atom stereocenters. The Bertz CT molecular complexity index is 539. The molecule has 0 amide bonds. The molecule has 0 bridgehead atoms. The van der Waals surface area contributed by atoms with Gasteiger partial charge in [0.2, 0.25) is 0 Å². The van der Waals surface area contributed by atoms with Gasteiger partial charge in [0.1, 0.15) is 24.5 Å². The van der Waals surface area contributed by atoms with Crippen LogP contribution in [0.25, 0.3) is 0 Å². The van der Waals surface area contributed by atoms with E-state index in [4.69, 9.17) is 10.5 Å². The third-order valence-electron chi connectivity index (χ3n) is 2.64. The fourth-order valence-corrected chi connectivity index (χ4v) is 1.57. The third kappa shape index (κ3) is 2.65. The Balaban J connectivity index is 2.07. The van der Waals surface area contributed by atoms with E-state index in [-0.39, 0.29) is 18.5 Å². The number of nitrogens with two attached hydrogens (primary N) is 1. The summed E-state index contributed by atoms with van der Waals surface area (Å²) < 4.78 is 20.7. The van der Waals surface area contributed by atoms with Crippen LogP contribution in [0.3, 0.4) is 0 Å². The number of rotatable bonds is 4. The normalized spacial score (nSPS) is 12.4. The first-order valence-electron chi connectivity index (χ1n) is 5.58. The van der Waals surface area contributed by atoms with Crippen molar-refractivity contribution in [2.75, 3.05) is 0 Å². The summed E-state index contributed by atoms with van der Waals surface area (Å²) in [5.41, 5.74) is 6.11. The van der Waals surface area contributed by atoms with E-state index in [0.717, 1.165) is 0 Å². The highest BCUT2D eigenvalue weighted by atomic mass is 19.1. The first kappa shape index (κ1) is 12.5. The average Bonchev–Trinajstić information content (AvgIpc) is 2.72. The van der Waals surface area contributed by atoms with Gasteiger partial charge in [0, 0.05) is 24.7 Å². The van der Waals surface area contributed by atoms with E-state index in [1.165, 1.54) is 12.4 Å². The molecule has 2 rings (SSSR count). The molecule has 0 fully saturated rings. The fraction of sp³-hybridized carbons (Fsp3) is 0.333. The van der Waals surface area contributed by atoms with Crippen LogP contribution in [-0.2, 0) is 13.7 Å². The molecule has 1 atom stereocenters. The Kier molecular flexibility index (Phi) is 3.57. The minimum absolute atomic E-state index is 0.244. The highest BCUT2D eigenvalue weighted by molar-refractivity contribution is 5.30. The zero-order chi connectivity index (χ0) is 13.1. The Hall–Kier alpha value is -1.95. The predicted molar refractivity (Wildman–Crippen MR) is 64.3 cm³/mol. The van der Waals surface area contributed by atoms with Crippen molar-refractivity contribution in [2.45, 2.75) is 19.6 Å². The topological polar surface area (TPSA) is 66.0 Å². The summed E-state index contributed by atoms with van der Waals surface area (Å²) in [5, 5.41) is 3.92. The van der Waals surface area contributed by atoms with Gasteiger partial charge >= 0.3 is 0 Å². The summed E-state index contributed by atoms with van der Waals surface area (Å²) in [5.74, 6) is 0.757. The summed E-state index contributed by atoms with van der Waals surface area (Å²) in [6.07, 6.45) is 1.44. The highest BCUT2D eigenvalue weighted by Gasteiger charge is 2.09. The Morgan fingerprint density at radius 2 is 2.28 bits per heavy atom. The molecule has 0 spiro atoms. The quantitative estimate of drug-likeness (QED) is 0.894. The maximum Gasteiger partial charge on any atom is 0.164 e. The van der Waals surface area contributed by atoms with Crippen LogP contribution < -0.4 is 10.5 Å². The van der Waals surface area contributed by atoms with Crippen LogP contribution in [0.5, 0.6) is 5.75 Å². The first-order valence-corrected chi connectivity index (χ1v) is 5.58. The van der Waals surface area contributed by atoms with Crippen molar-refractivity contribution in [3.8, 4) is 5.75 Å². The molecule has 1 aromatic heterocycles. The van der Waals surface area contributed by atoms with Crippen molar-refractivity contribution in [1.82, 2.24) is 14.8 Å². The Morgan fingerprint density at radius 3 is 2.83 bits per heavy atom. The maximum atomic E-state index is 13.7. The van der Waals surface area contributed by atoms with Crippen molar-refractivity contribution in [1.29, 1.82) is 0 Å². The van der Waals surface area contributed by atoms with Gasteiger partial charge in [-0.25, -0.2) is 9.37 Å². The van der Waals surface area contributed by atoms with Crippen molar-refractivity contribution >= 4 is 0 Å². The molecular weight excluding hydrogens is 235 g/mol. The molecule has 5 nitrogen and oxygen atoms in total. The van der Waals surface area contributed by atoms with Crippen LogP contribution in [0.1, 0.15) is 24.4 Å². The van der Waals surface area contributed by atoms with Gasteiger partial charge < -0.3 is 10.5 Å². The van der Waals surface area contributed by atoms with Crippen molar-refractivity contribution < 1.29 is 9.13 Å². The summed E-state index contributed by atoms with van der Waals surface area (Å²) in [6.45, 7) is 1.98. The Morgan fingerprint density at radius 1 is 1.50 bits per heavy atom. The van der Waals surface area contributed by atoms with Crippen LogP contribution in [0.15, 0.2) is 24.5 Å². The number of ether oxygens (including phenoxy) is 1. The minimum Gasteiger partial charge on any atom is -0.486 e. The van der Waals surface area contributed by atoms with Crippen LogP contribution in [0.2, 0.25) is 0 Å². The maximum absolute atomic E-state index is 13.7. The number of benzene rings is 1. The summed E-state index contributed by atoms with van der Waals surface area (Å²) in [6, 6.07) is 4.32. The van der Waals surface area contributed by atoms with Crippen LogP contribution in [0, 0.1) is 5.82 Å². The molecule has 6 heteroatoms.